The summed E-state index contributed by atoms with van der Waals surface area (Å²) in [6.07, 6.45) is 4.80. The molecule has 3 rings (SSSR count). The van der Waals surface area contributed by atoms with Crippen LogP contribution < -0.4 is 5.32 Å². The molecule has 1 aliphatic heterocycles. The first-order valence-corrected chi connectivity index (χ1v) is 10.4. The predicted octanol–water partition coefficient (Wildman–Crippen LogP) is 4.04. The van der Waals surface area contributed by atoms with Crippen LogP contribution in [0, 0.1) is 13.8 Å². The van der Waals surface area contributed by atoms with Crippen molar-refractivity contribution in [2.45, 2.75) is 52.6 Å². The van der Waals surface area contributed by atoms with Crippen molar-refractivity contribution in [3.63, 3.8) is 0 Å². The highest BCUT2D eigenvalue weighted by molar-refractivity contribution is 5.89. The molecule has 1 N–H and O–H groups in total. The topological polar surface area (TPSA) is 53.4 Å². The fraction of sp³-hybridized carbons (Fsp3) is 0.545. The van der Waals surface area contributed by atoms with Gasteiger partial charge in [0.1, 0.15) is 0 Å². The lowest BCUT2D eigenvalue weighted by molar-refractivity contribution is 0.220. The van der Waals surface area contributed by atoms with Gasteiger partial charge in [0, 0.05) is 38.1 Å². The molecule has 6 nitrogen and oxygen atoms in total. The number of carbonyl (C=O) groups excluding carboxylic acids is 1. The van der Waals surface area contributed by atoms with E-state index in [0.717, 1.165) is 36.6 Å². The summed E-state index contributed by atoms with van der Waals surface area (Å²) in [7, 11) is 1.84. The minimum Gasteiger partial charge on any atom is -0.328 e. The molecule has 2 aromatic rings. The molecule has 1 aliphatic rings. The molecule has 0 aliphatic carbocycles. The van der Waals surface area contributed by atoms with Crippen LogP contribution in [-0.4, -0.2) is 52.3 Å². The summed E-state index contributed by atoms with van der Waals surface area (Å²) in [6, 6.07) is 10.2. The molecule has 28 heavy (non-hydrogen) atoms. The number of carbonyl (C=O) groups is 1. The van der Waals surface area contributed by atoms with Crippen LogP contribution in [0.3, 0.4) is 0 Å². The Morgan fingerprint density at radius 3 is 2.68 bits per heavy atom. The fourth-order valence-corrected chi connectivity index (χ4v) is 3.80. The number of amides is 2. The van der Waals surface area contributed by atoms with E-state index in [0.29, 0.717) is 6.54 Å². The smallest absolute Gasteiger partial charge is 0.321 e. The Balaban J connectivity index is 1.46. The fourth-order valence-electron chi connectivity index (χ4n) is 3.80. The van der Waals surface area contributed by atoms with Crippen LogP contribution in [0.1, 0.15) is 42.6 Å². The monoisotopic (exact) mass is 383 g/mol. The highest BCUT2D eigenvalue weighted by atomic mass is 16.2. The van der Waals surface area contributed by atoms with Crippen molar-refractivity contribution in [1.82, 2.24) is 19.6 Å². The van der Waals surface area contributed by atoms with Gasteiger partial charge in [0.05, 0.1) is 5.69 Å². The molecule has 0 radical (unpaired) electrons. The second kappa shape index (κ2) is 9.73. The lowest BCUT2D eigenvalue weighted by atomic mass is 10.1. The highest BCUT2D eigenvalue weighted by Gasteiger charge is 2.12. The summed E-state index contributed by atoms with van der Waals surface area (Å²) in [5, 5.41) is 7.50. The Labute approximate surface area is 168 Å². The van der Waals surface area contributed by atoms with E-state index < -0.39 is 0 Å². The quantitative estimate of drug-likeness (QED) is 0.785. The van der Waals surface area contributed by atoms with Crippen molar-refractivity contribution in [2.24, 2.45) is 0 Å². The third kappa shape index (κ3) is 5.83. The van der Waals surface area contributed by atoms with E-state index in [-0.39, 0.29) is 6.03 Å². The molecule has 2 heterocycles. The van der Waals surface area contributed by atoms with E-state index in [1.54, 1.807) is 4.90 Å². The highest BCUT2D eigenvalue weighted by Crippen LogP contribution is 2.16. The van der Waals surface area contributed by atoms with E-state index >= 15 is 0 Å². The number of hydrogen-bond donors (Lipinski definition) is 1. The zero-order valence-electron chi connectivity index (χ0n) is 17.4. The second-order valence-corrected chi connectivity index (χ2v) is 7.89. The largest absolute Gasteiger partial charge is 0.328 e. The lowest BCUT2D eigenvalue weighted by Crippen LogP contribution is -2.32. The van der Waals surface area contributed by atoms with E-state index in [9.17, 15) is 4.79 Å². The zero-order chi connectivity index (χ0) is 19.9. The third-order valence-corrected chi connectivity index (χ3v) is 5.35. The van der Waals surface area contributed by atoms with Gasteiger partial charge in [0.15, 0.2) is 0 Å². The number of anilines is 1. The first-order valence-electron chi connectivity index (χ1n) is 10.4. The van der Waals surface area contributed by atoms with Crippen molar-refractivity contribution in [1.29, 1.82) is 0 Å². The van der Waals surface area contributed by atoms with E-state index in [4.69, 9.17) is 0 Å². The van der Waals surface area contributed by atoms with Crippen LogP contribution in [-0.2, 0) is 13.1 Å². The Bertz CT molecular complexity index is 779. The Morgan fingerprint density at radius 1 is 1.18 bits per heavy atom. The molecular weight excluding hydrogens is 350 g/mol. The van der Waals surface area contributed by atoms with Gasteiger partial charge in [-0.25, -0.2) is 4.79 Å². The molecule has 152 valence electrons. The summed E-state index contributed by atoms with van der Waals surface area (Å²) >= 11 is 0. The number of aromatic nitrogens is 2. The van der Waals surface area contributed by atoms with Crippen molar-refractivity contribution < 1.29 is 4.79 Å². The number of hydrogen-bond acceptors (Lipinski definition) is 3. The molecule has 1 saturated heterocycles. The van der Waals surface area contributed by atoms with Crippen LogP contribution in [0.5, 0.6) is 0 Å². The number of benzene rings is 1. The number of nitrogens with one attached hydrogen (secondary N) is 1. The normalized spacial score (nSPS) is 14.8. The van der Waals surface area contributed by atoms with Crippen molar-refractivity contribution in [2.75, 3.05) is 32.0 Å². The maximum Gasteiger partial charge on any atom is 0.321 e. The van der Waals surface area contributed by atoms with Crippen LogP contribution in [0.2, 0.25) is 0 Å². The first-order chi connectivity index (χ1) is 13.5. The number of likely N-dealkylation sites (tertiary alicyclic amines) is 1. The number of piperidine rings is 1. The van der Waals surface area contributed by atoms with Crippen molar-refractivity contribution in [3.05, 3.63) is 47.3 Å². The number of urea groups is 1. The standard InChI is InChI=1S/C22H33N5O/c1-18-15-19(2)27(24-18)14-8-11-25(3)22(28)23-21-10-7-9-20(16-21)17-26-12-5-4-6-13-26/h7,9-10,15-16H,4-6,8,11-14,17H2,1-3H3,(H,23,28). The SMILES string of the molecule is Cc1cc(C)n(CCCN(C)C(=O)Nc2cccc(CN3CCCCC3)c2)n1. The minimum absolute atomic E-state index is 0.0662. The van der Waals surface area contributed by atoms with Gasteiger partial charge in [-0.3, -0.25) is 9.58 Å². The van der Waals surface area contributed by atoms with Gasteiger partial charge in [-0.05, 0) is 70.0 Å². The second-order valence-electron chi connectivity index (χ2n) is 7.89. The Morgan fingerprint density at radius 2 is 1.96 bits per heavy atom. The maximum absolute atomic E-state index is 12.5. The van der Waals surface area contributed by atoms with Gasteiger partial charge in [-0.1, -0.05) is 18.6 Å². The Hall–Kier alpha value is -2.34. The predicted molar refractivity (Wildman–Crippen MR) is 114 cm³/mol. The van der Waals surface area contributed by atoms with Gasteiger partial charge in [-0.2, -0.15) is 5.10 Å². The molecule has 1 fully saturated rings. The maximum atomic E-state index is 12.5. The Kier molecular flexibility index (Phi) is 7.09. The molecular formula is C22H33N5O. The average molecular weight is 384 g/mol. The van der Waals surface area contributed by atoms with E-state index in [1.807, 2.05) is 30.8 Å². The molecule has 0 bridgehead atoms. The zero-order valence-corrected chi connectivity index (χ0v) is 17.4. The van der Waals surface area contributed by atoms with Gasteiger partial charge >= 0.3 is 6.03 Å². The van der Waals surface area contributed by atoms with Crippen LogP contribution in [0.25, 0.3) is 0 Å². The first kappa shape index (κ1) is 20.4. The minimum atomic E-state index is -0.0662. The summed E-state index contributed by atoms with van der Waals surface area (Å²) < 4.78 is 2.01. The number of nitrogens with zero attached hydrogens (tertiary/aromatic N) is 4. The van der Waals surface area contributed by atoms with Gasteiger partial charge in [0.25, 0.3) is 0 Å². The molecule has 1 aromatic heterocycles. The van der Waals surface area contributed by atoms with Crippen LogP contribution in [0.4, 0.5) is 10.5 Å². The van der Waals surface area contributed by atoms with Crippen molar-refractivity contribution in [3.8, 4) is 0 Å². The molecule has 2 amide bonds. The van der Waals surface area contributed by atoms with Crippen LogP contribution in [0.15, 0.2) is 30.3 Å². The molecule has 0 saturated carbocycles. The number of rotatable bonds is 7. The molecule has 0 spiro atoms. The van der Waals surface area contributed by atoms with E-state index in [1.165, 1.54) is 37.9 Å². The molecule has 6 heteroatoms. The number of aryl methyl sites for hydroxylation is 3. The van der Waals surface area contributed by atoms with E-state index in [2.05, 4.69) is 40.4 Å². The molecule has 0 unspecified atom stereocenters. The van der Waals surface area contributed by atoms with Gasteiger partial charge in [-0.15, -0.1) is 0 Å². The van der Waals surface area contributed by atoms with Crippen LogP contribution >= 0.6 is 0 Å². The summed E-state index contributed by atoms with van der Waals surface area (Å²) in [4.78, 5) is 16.7. The molecule has 0 atom stereocenters. The van der Waals surface area contributed by atoms with Crippen molar-refractivity contribution >= 4 is 11.7 Å². The molecule has 1 aromatic carbocycles. The average Bonchev–Trinajstić information content (AvgIpc) is 3.00. The lowest BCUT2D eigenvalue weighted by Gasteiger charge is -2.26. The summed E-state index contributed by atoms with van der Waals surface area (Å²) in [6.45, 7) is 8.89. The van der Waals surface area contributed by atoms with Gasteiger partial charge in [0.2, 0.25) is 0 Å². The summed E-state index contributed by atoms with van der Waals surface area (Å²) in [5.41, 5.74) is 4.32. The van der Waals surface area contributed by atoms with Gasteiger partial charge < -0.3 is 10.2 Å². The third-order valence-electron chi connectivity index (χ3n) is 5.35. The summed E-state index contributed by atoms with van der Waals surface area (Å²) in [5.74, 6) is 0.